The Hall–Kier alpha value is -1.79. The number of hydrogen-bond acceptors (Lipinski definition) is 4. The first-order valence-electron chi connectivity index (χ1n) is 4.81. The molecule has 2 aromatic rings. The number of rotatable bonds is 3. The second kappa shape index (κ2) is 4.38. The minimum atomic E-state index is -1.81. The Morgan fingerprint density at radius 3 is 2.75 bits per heavy atom. The third kappa shape index (κ3) is 2.42. The lowest BCUT2D eigenvalue weighted by atomic mass is 10.2. The van der Waals surface area contributed by atoms with Gasteiger partial charge in [-0.15, -0.1) is 0 Å². The van der Waals surface area contributed by atoms with Gasteiger partial charge in [-0.25, -0.2) is 4.68 Å². The van der Waals surface area contributed by atoms with Crippen LogP contribution in [0.5, 0.6) is 5.75 Å². The molecular weight excluding hydrogens is 207 g/mol. The van der Waals surface area contributed by atoms with Crippen LogP contribution in [0.1, 0.15) is 5.69 Å². The van der Waals surface area contributed by atoms with E-state index >= 15 is 0 Å². The van der Waals surface area contributed by atoms with Gasteiger partial charge in [0.15, 0.2) is 0 Å². The van der Waals surface area contributed by atoms with Crippen LogP contribution in [0.2, 0.25) is 0 Å². The minimum Gasteiger partial charge on any atom is -0.512 e. The number of aromatic nitrogens is 2. The first-order valence-corrected chi connectivity index (χ1v) is 4.81. The molecule has 16 heavy (non-hydrogen) atoms. The van der Waals surface area contributed by atoms with E-state index in [-0.39, 0.29) is 0 Å². The molecule has 6 heteroatoms. The molecular formula is C10H11BN2O3. The smallest absolute Gasteiger partial charge is 0.512 e. The highest BCUT2D eigenvalue weighted by molar-refractivity contribution is 6.33. The van der Waals surface area contributed by atoms with Crippen LogP contribution >= 0.6 is 0 Å². The molecule has 0 unspecified atom stereocenters. The summed E-state index contributed by atoms with van der Waals surface area (Å²) in [5, 5.41) is 21.6. The van der Waals surface area contributed by atoms with Crippen LogP contribution in [0.15, 0.2) is 36.5 Å². The fraction of sp³-hybridized carbons (Fsp3) is 0.100. The molecule has 0 aliphatic heterocycles. The Morgan fingerprint density at radius 1 is 1.31 bits per heavy atom. The van der Waals surface area contributed by atoms with Crippen molar-refractivity contribution in [2.45, 2.75) is 6.92 Å². The van der Waals surface area contributed by atoms with Crippen molar-refractivity contribution in [3.8, 4) is 11.4 Å². The van der Waals surface area contributed by atoms with Gasteiger partial charge in [-0.2, -0.15) is 5.10 Å². The largest absolute Gasteiger partial charge is 0.707 e. The van der Waals surface area contributed by atoms with Crippen molar-refractivity contribution in [1.29, 1.82) is 0 Å². The Balaban J connectivity index is 2.28. The van der Waals surface area contributed by atoms with Crippen molar-refractivity contribution < 1.29 is 14.7 Å². The standard InChI is InChI=1S/C10H11BN2O3/c1-8-5-6-13(12-8)9-3-2-4-10(7-9)16-11(14)15/h2-7,14-15H,1H3. The van der Waals surface area contributed by atoms with E-state index in [9.17, 15) is 0 Å². The summed E-state index contributed by atoms with van der Waals surface area (Å²) in [5.41, 5.74) is 1.71. The molecule has 5 nitrogen and oxygen atoms in total. The summed E-state index contributed by atoms with van der Waals surface area (Å²) in [6, 6.07) is 8.80. The van der Waals surface area contributed by atoms with Gasteiger partial charge in [0.2, 0.25) is 0 Å². The summed E-state index contributed by atoms with van der Waals surface area (Å²) in [6.45, 7) is 1.90. The molecule has 0 radical (unpaired) electrons. The maximum Gasteiger partial charge on any atom is 0.707 e. The Kier molecular flexibility index (Phi) is 2.94. The van der Waals surface area contributed by atoms with E-state index in [1.807, 2.05) is 25.3 Å². The molecule has 0 bridgehead atoms. The second-order valence-corrected chi connectivity index (χ2v) is 3.34. The summed E-state index contributed by atoms with van der Waals surface area (Å²) in [6.07, 6.45) is 1.82. The van der Waals surface area contributed by atoms with Gasteiger partial charge in [0.25, 0.3) is 0 Å². The van der Waals surface area contributed by atoms with Gasteiger partial charge in [0.1, 0.15) is 5.75 Å². The number of nitrogens with zero attached hydrogens (tertiary/aromatic N) is 2. The molecule has 0 amide bonds. The average Bonchev–Trinajstić information content (AvgIpc) is 2.64. The summed E-state index contributed by atoms with van der Waals surface area (Å²) in [4.78, 5) is 0. The maximum atomic E-state index is 8.68. The molecule has 1 aromatic carbocycles. The van der Waals surface area contributed by atoms with Crippen LogP contribution in [-0.4, -0.2) is 27.1 Å². The highest BCUT2D eigenvalue weighted by atomic mass is 16.6. The van der Waals surface area contributed by atoms with Crippen LogP contribution in [0.3, 0.4) is 0 Å². The number of benzene rings is 1. The fourth-order valence-electron chi connectivity index (χ4n) is 1.38. The second-order valence-electron chi connectivity index (χ2n) is 3.34. The molecule has 2 rings (SSSR count). The Bertz CT molecular complexity index is 484. The van der Waals surface area contributed by atoms with E-state index in [0.29, 0.717) is 5.75 Å². The summed E-state index contributed by atoms with van der Waals surface area (Å²) < 4.78 is 6.44. The fourth-order valence-corrected chi connectivity index (χ4v) is 1.38. The van der Waals surface area contributed by atoms with Gasteiger partial charge in [0, 0.05) is 12.3 Å². The molecule has 0 atom stereocenters. The first kappa shape index (κ1) is 10.7. The molecule has 0 fully saturated rings. The van der Waals surface area contributed by atoms with Crippen molar-refractivity contribution in [1.82, 2.24) is 9.78 Å². The van der Waals surface area contributed by atoms with Gasteiger partial charge in [0.05, 0.1) is 11.4 Å². The van der Waals surface area contributed by atoms with Crippen LogP contribution in [-0.2, 0) is 0 Å². The van der Waals surface area contributed by atoms with Crippen molar-refractivity contribution in [3.63, 3.8) is 0 Å². The maximum absolute atomic E-state index is 8.68. The van der Waals surface area contributed by atoms with Crippen LogP contribution in [0.4, 0.5) is 0 Å². The SMILES string of the molecule is Cc1ccn(-c2cccc(OB(O)O)c2)n1. The zero-order valence-corrected chi connectivity index (χ0v) is 8.74. The van der Waals surface area contributed by atoms with E-state index in [4.69, 9.17) is 14.7 Å². The average molecular weight is 218 g/mol. The van der Waals surface area contributed by atoms with Crippen LogP contribution in [0, 0.1) is 6.92 Å². The van der Waals surface area contributed by atoms with Crippen molar-refractivity contribution in [2.24, 2.45) is 0 Å². The normalized spacial score (nSPS) is 10.2. The van der Waals surface area contributed by atoms with E-state index < -0.39 is 7.32 Å². The molecule has 1 aromatic heterocycles. The Morgan fingerprint density at radius 2 is 2.12 bits per heavy atom. The van der Waals surface area contributed by atoms with Gasteiger partial charge < -0.3 is 14.7 Å². The number of aryl methyl sites for hydroxylation is 1. The van der Waals surface area contributed by atoms with Gasteiger partial charge in [-0.1, -0.05) is 6.07 Å². The lowest BCUT2D eigenvalue weighted by Crippen LogP contribution is -2.20. The van der Waals surface area contributed by atoms with Gasteiger partial charge >= 0.3 is 7.32 Å². The number of hydrogen-bond donors (Lipinski definition) is 2. The molecule has 0 saturated carbocycles. The molecule has 82 valence electrons. The third-order valence-corrected chi connectivity index (χ3v) is 2.05. The molecule has 1 heterocycles. The molecule has 2 N–H and O–H groups in total. The quantitative estimate of drug-likeness (QED) is 0.737. The topological polar surface area (TPSA) is 67.5 Å². The first-order chi connectivity index (χ1) is 7.65. The van der Waals surface area contributed by atoms with Crippen molar-refractivity contribution >= 4 is 7.32 Å². The predicted octanol–water partition coefficient (Wildman–Crippen LogP) is 0.529. The molecule has 0 aliphatic rings. The third-order valence-electron chi connectivity index (χ3n) is 2.05. The van der Waals surface area contributed by atoms with Crippen molar-refractivity contribution in [3.05, 3.63) is 42.2 Å². The zero-order chi connectivity index (χ0) is 11.5. The zero-order valence-electron chi connectivity index (χ0n) is 8.74. The van der Waals surface area contributed by atoms with E-state index in [0.717, 1.165) is 11.4 Å². The van der Waals surface area contributed by atoms with Crippen LogP contribution in [0.25, 0.3) is 5.69 Å². The highest BCUT2D eigenvalue weighted by Gasteiger charge is 2.11. The van der Waals surface area contributed by atoms with Crippen LogP contribution < -0.4 is 4.65 Å². The van der Waals surface area contributed by atoms with E-state index in [2.05, 4.69) is 5.10 Å². The summed E-state index contributed by atoms with van der Waals surface area (Å²) >= 11 is 0. The Labute approximate surface area is 93.1 Å². The van der Waals surface area contributed by atoms with Gasteiger partial charge in [-0.3, -0.25) is 0 Å². The van der Waals surface area contributed by atoms with Crippen molar-refractivity contribution in [2.75, 3.05) is 0 Å². The van der Waals surface area contributed by atoms with E-state index in [1.54, 1.807) is 22.9 Å². The molecule has 0 saturated heterocycles. The lowest BCUT2D eigenvalue weighted by Gasteiger charge is -2.06. The van der Waals surface area contributed by atoms with Gasteiger partial charge in [-0.05, 0) is 25.1 Å². The monoisotopic (exact) mass is 218 g/mol. The molecule has 0 aliphatic carbocycles. The highest BCUT2D eigenvalue weighted by Crippen LogP contribution is 2.16. The van der Waals surface area contributed by atoms with E-state index in [1.165, 1.54) is 0 Å². The minimum absolute atomic E-state index is 0.376. The lowest BCUT2D eigenvalue weighted by molar-refractivity contribution is 0.288. The molecule has 0 spiro atoms. The summed E-state index contributed by atoms with van der Waals surface area (Å²) in [5.74, 6) is 0.376. The summed E-state index contributed by atoms with van der Waals surface area (Å²) in [7, 11) is -1.81. The predicted molar refractivity (Wildman–Crippen MR) is 59.1 cm³/mol.